The van der Waals surface area contributed by atoms with E-state index in [1.807, 2.05) is 103 Å². The summed E-state index contributed by atoms with van der Waals surface area (Å²) in [6, 6.07) is 25.8. The molecule has 0 spiro atoms. The lowest BCUT2D eigenvalue weighted by molar-refractivity contribution is -0.123. The number of amides is 1. The van der Waals surface area contributed by atoms with E-state index in [4.69, 9.17) is 22.1 Å². The van der Waals surface area contributed by atoms with E-state index in [0.29, 0.717) is 15.8 Å². The van der Waals surface area contributed by atoms with Gasteiger partial charge in [-0.1, -0.05) is 79.4 Å². The summed E-state index contributed by atoms with van der Waals surface area (Å²) in [7, 11) is 0. The molecule has 0 aliphatic carbocycles. The number of aryl methyl sites for hydroxylation is 1. The van der Waals surface area contributed by atoms with Gasteiger partial charge < -0.3 is 4.74 Å². The number of ether oxygens (including phenoxy) is 1. The molecular weight excluding hydrogens is 510 g/mol. The van der Waals surface area contributed by atoms with Gasteiger partial charge in [-0.2, -0.15) is 5.10 Å². The number of thioether (sulfide) groups is 1. The Hall–Kier alpha value is -3.68. The van der Waals surface area contributed by atoms with E-state index < -0.39 is 0 Å². The Labute approximate surface area is 233 Å². The number of thiocarbonyl (C=S) groups is 1. The Morgan fingerprint density at radius 2 is 1.76 bits per heavy atom. The molecule has 0 N–H and O–H groups in total. The van der Waals surface area contributed by atoms with Crippen molar-refractivity contribution in [3.63, 3.8) is 0 Å². The second kappa shape index (κ2) is 11.4. The molecule has 1 amide bonds. The van der Waals surface area contributed by atoms with Gasteiger partial charge in [0.25, 0.3) is 5.91 Å². The van der Waals surface area contributed by atoms with Crippen LogP contribution in [0.15, 0.2) is 90.0 Å². The molecule has 1 saturated heterocycles. The molecule has 1 aliphatic heterocycles. The Morgan fingerprint density at radius 3 is 2.45 bits per heavy atom. The quantitative estimate of drug-likeness (QED) is 0.170. The van der Waals surface area contributed by atoms with Crippen molar-refractivity contribution in [3.05, 3.63) is 107 Å². The van der Waals surface area contributed by atoms with Crippen LogP contribution in [0.4, 0.5) is 0 Å². The first-order valence-electron chi connectivity index (χ1n) is 12.7. The summed E-state index contributed by atoms with van der Waals surface area (Å²) >= 11 is 6.99. The highest BCUT2D eigenvalue weighted by Crippen LogP contribution is 2.39. The zero-order chi connectivity index (χ0) is 26.6. The fourth-order valence-corrected chi connectivity index (χ4v) is 5.87. The summed E-state index contributed by atoms with van der Waals surface area (Å²) in [6.07, 6.45) is 4.84. The van der Waals surface area contributed by atoms with Crippen molar-refractivity contribution in [2.75, 3.05) is 6.61 Å². The minimum absolute atomic E-state index is 0.0881. The van der Waals surface area contributed by atoms with Gasteiger partial charge in [0.2, 0.25) is 0 Å². The zero-order valence-corrected chi connectivity index (χ0v) is 23.3. The van der Waals surface area contributed by atoms with Gasteiger partial charge in [0.1, 0.15) is 15.8 Å². The molecule has 1 aromatic heterocycles. The fraction of sp³-hybridized carbons (Fsp3) is 0.194. The van der Waals surface area contributed by atoms with Crippen LogP contribution in [0.2, 0.25) is 0 Å². The third kappa shape index (κ3) is 5.30. The van der Waals surface area contributed by atoms with Gasteiger partial charge in [0.15, 0.2) is 0 Å². The maximum Gasteiger partial charge on any atom is 0.266 e. The van der Waals surface area contributed by atoms with Crippen molar-refractivity contribution in [1.29, 1.82) is 0 Å². The van der Waals surface area contributed by atoms with E-state index >= 15 is 0 Å². The first-order valence-corrected chi connectivity index (χ1v) is 13.9. The van der Waals surface area contributed by atoms with Crippen LogP contribution in [-0.2, 0) is 4.79 Å². The molecule has 0 bridgehead atoms. The lowest BCUT2D eigenvalue weighted by Crippen LogP contribution is -2.30. The second-order valence-electron chi connectivity index (χ2n) is 9.18. The summed E-state index contributed by atoms with van der Waals surface area (Å²) in [6.45, 7) is 6.83. The van der Waals surface area contributed by atoms with Crippen molar-refractivity contribution in [3.8, 4) is 22.7 Å². The van der Waals surface area contributed by atoms with Crippen molar-refractivity contribution in [2.45, 2.75) is 33.2 Å². The summed E-state index contributed by atoms with van der Waals surface area (Å²) in [4.78, 5) is 15.9. The number of benzene rings is 3. The van der Waals surface area contributed by atoms with E-state index in [-0.39, 0.29) is 11.9 Å². The van der Waals surface area contributed by atoms with Gasteiger partial charge in [-0.3, -0.25) is 9.69 Å². The number of para-hydroxylation sites is 1. The lowest BCUT2D eigenvalue weighted by atomic mass is 10.0. The van der Waals surface area contributed by atoms with Gasteiger partial charge in [-0.15, -0.1) is 0 Å². The van der Waals surface area contributed by atoms with E-state index in [1.54, 1.807) is 4.90 Å². The Bertz CT molecular complexity index is 1500. The van der Waals surface area contributed by atoms with Crippen molar-refractivity contribution in [1.82, 2.24) is 14.7 Å². The van der Waals surface area contributed by atoms with Crippen LogP contribution in [-0.4, -0.2) is 31.5 Å². The summed E-state index contributed by atoms with van der Waals surface area (Å²) in [5.41, 5.74) is 5.68. The minimum Gasteiger partial charge on any atom is -0.494 e. The van der Waals surface area contributed by atoms with Crippen LogP contribution >= 0.6 is 24.0 Å². The van der Waals surface area contributed by atoms with E-state index in [2.05, 4.69) is 13.8 Å². The molecule has 1 atom stereocenters. The third-order valence-corrected chi connectivity index (χ3v) is 7.80. The summed E-state index contributed by atoms with van der Waals surface area (Å²) in [5, 5.41) is 4.96. The molecule has 5 rings (SSSR count). The number of hydrogen-bond donors (Lipinski definition) is 0. The van der Waals surface area contributed by atoms with Crippen molar-refractivity contribution < 1.29 is 9.53 Å². The number of nitrogens with zero attached hydrogens (tertiary/aromatic N) is 3. The normalized spacial score (nSPS) is 15.3. The first-order chi connectivity index (χ1) is 18.5. The fourth-order valence-electron chi connectivity index (χ4n) is 4.46. The van der Waals surface area contributed by atoms with Gasteiger partial charge >= 0.3 is 0 Å². The standard InChI is InChI=1S/C31H29N3O2S2/c1-4-17-36-26-15-16-27(21(2)18-26)29-24(20-33(32-29)25-13-9-6-10-14-25)19-28-30(35)34(31(37)38-28)22(3)23-11-7-5-8-12-23/h5-16,18-20,22H,4,17H2,1-3H3. The van der Waals surface area contributed by atoms with Crippen molar-refractivity contribution >= 4 is 40.3 Å². The number of hydrogen-bond acceptors (Lipinski definition) is 5. The predicted octanol–water partition coefficient (Wildman–Crippen LogP) is 7.60. The molecule has 2 heterocycles. The van der Waals surface area contributed by atoms with Crippen LogP contribution in [0.25, 0.3) is 23.0 Å². The van der Waals surface area contributed by atoms with Crippen LogP contribution < -0.4 is 4.74 Å². The van der Waals surface area contributed by atoms with Crippen LogP contribution in [0, 0.1) is 6.92 Å². The Kier molecular flexibility index (Phi) is 7.77. The maximum absolute atomic E-state index is 13.6. The highest BCUT2D eigenvalue weighted by molar-refractivity contribution is 8.26. The molecule has 7 heteroatoms. The molecule has 1 aliphatic rings. The average Bonchev–Trinajstić information content (AvgIpc) is 3.48. The molecule has 1 unspecified atom stereocenters. The van der Waals surface area contributed by atoms with Gasteiger partial charge in [-0.05, 0) is 67.8 Å². The second-order valence-corrected chi connectivity index (χ2v) is 10.9. The molecule has 0 saturated carbocycles. The lowest BCUT2D eigenvalue weighted by Gasteiger charge is -2.23. The number of carbonyl (C=O) groups excluding carboxylic acids is 1. The van der Waals surface area contributed by atoms with E-state index in [1.165, 1.54) is 11.8 Å². The SMILES string of the molecule is CCCOc1ccc(-c2nn(-c3ccccc3)cc2C=C2SC(=S)N(C(C)c3ccccc3)C2=O)c(C)c1. The Balaban J connectivity index is 1.54. The topological polar surface area (TPSA) is 47.4 Å². The molecule has 5 nitrogen and oxygen atoms in total. The largest absolute Gasteiger partial charge is 0.494 e. The predicted molar refractivity (Wildman–Crippen MR) is 159 cm³/mol. The van der Waals surface area contributed by atoms with Gasteiger partial charge in [-0.25, -0.2) is 4.68 Å². The molecule has 38 heavy (non-hydrogen) atoms. The number of aromatic nitrogens is 2. The first kappa shape index (κ1) is 25.9. The summed E-state index contributed by atoms with van der Waals surface area (Å²) < 4.78 is 8.25. The molecule has 1 fully saturated rings. The minimum atomic E-state index is -0.154. The average molecular weight is 540 g/mol. The van der Waals surface area contributed by atoms with Crippen LogP contribution in [0.3, 0.4) is 0 Å². The van der Waals surface area contributed by atoms with Crippen molar-refractivity contribution in [2.24, 2.45) is 0 Å². The van der Waals surface area contributed by atoms with Crippen LogP contribution in [0.5, 0.6) is 5.75 Å². The smallest absolute Gasteiger partial charge is 0.266 e. The highest BCUT2D eigenvalue weighted by atomic mass is 32.2. The van der Waals surface area contributed by atoms with E-state index in [9.17, 15) is 4.79 Å². The molecule has 4 aromatic rings. The Morgan fingerprint density at radius 1 is 1.05 bits per heavy atom. The molecule has 0 radical (unpaired) electrons. The third-order valence-electron chi connectivity index (χ3n) is 6.47. The number of rotatable bonds is 8. The highest BCUT2D eigenvalue weighted by Gasteiger charge is 2.36. The monoisotopic (exact) mass is 539 g/mol. The molecule has 192 valence electrons. The zero-order valence-electron chi connectivity index (χ0n) is 21.6. The molecule has 3 aromatic carbocycles. The number of carbonyl (C=O) groups is 1. The summed E-state index contributed by atoms with van der Waals surface area (Å²) in [5.74, 6) is 0.753. The van der Waals surface area contributed by atoms with E-state index in [0.717, 1.165) is 45.8 Å². The van der Waals surface area contributed by atoms with Crippen LogP contribution in [0.1, 0.15) is 43.0 Å². The van der Waals surface area contributed by atoms with Gasteiger partial charge in [0.05, 0.1) is 23.2 Å². The van der Waals surface area contributed by atoms with Gasteiger partial charge in [0, 0.05) is 17.3 Å². The molecular formula is C31H29N3O2S2. The maximum atomic E-state index is 13.6.